The maximum atomic E-state index is 13.2. The average molecular weight is 805 g/mol. The molecule has 2 unspecified atom stereocenters. The van der Waals surface area contributed by atoms with Crippen LogP contribution in [-0.2, 0) is 19.1 Å². The van der Waals surface area contributed by atoms with E-state index in [0.717, 1.165) is 51.4 Å². The molecular formula is C53H104O4. The number of rotatable bonds is 46. The Morgan fingerprint density at radius 3 is 0.737 bits per heavy atom. The maximum absolute atomic E-state index is 13.2. The van der Waals surface area contributed by atoms with Gasteiger partial charge in [0.1, 0.15) is 13.2 Å². The molecule has 0 spiro atoms. The SMILES string of the molecule is CCCCCCCCCCCCCCCCCCCC(CC)C(=O)OCC(CC)(CC)COC(=O)C(CC)CCCCCCCCCCCCCCCCCCC. The van der Waals surface area contributed by atoms with Crippen LogP contribution in [0, 0.1) is 17.3 Å². The summed E-state index contributed by atoms with van der Waals surface area (Å²) in [6.45, 7) is 13.8. The van der Waals surface area contributed by atoms with E-state index in [0.29, 0.717) is 13.2 Å². The predicted octanol–water partition coefficient (Wildman–Crippen LogP) is 18.0. The maximum Gasteiger partial charge on any atom is 0.308 e. The van der Waals surface area contributed by atoms with Crippen LogP contribution in [-0.4, -0.2) is 25.2 Å². The second kappa shape index (κ2) is 43.0. The van der Waals surface area contributed by atoms with Crippen LogP contribution in [0.4, 0.5) is 0 Å². The molecule has 57 heavy (non-hydrogen) atoms. The molecule has 0 rings (SSSR count). The van der Waals surface area contributed by atoms with Crippen molar-refractivity contribution in [1.82, 2.24) is 0 Å². The van der Waals surface area contributed by atoms with Gasteiger partial charge >= 0.3 is 11.9 Å². The molecule has 0 amide bonds. The summed E-state index contributed by atoms with van der Waals surface area (Å²) in [5, 5.41) is 0. The highest BCUT2D eigenvalue weighted by Gasteiger charge is 2.32. The Hall–Kier alpha value is -1.06. The molecule has 0 saturated heterocycles. The molecule has 0 aromatic rings. The molecular weight excluding hydrogens is 701 g/mol. The topological polar surface area (TPSA) is 52.6 Å². The summed E-state index contributed by atoms with van der Waals surface area (Å²) < 4.78 is 12.0. The molecule has 0 radical (unpaired) electrons. The second-order valence-corrected chi connectivity index (χ2v) is 18.5. The first-order chi connectivity index (χ1) is 27.9. The van der Waals surface area contributed by atoms with Crippen LogP contribution >= 0.6 is 0 Å². The molecule has 4 heteroatoms. The zero-order valence-electron chi connectivity index (χ0n) is 40.0. The number of ether oxygens (including phenoxy) is 2. The third kappa shape index (κ3) is 34.4. The van der Waals surface area contributed by atoms with Gasteiger partial charge in [-0.15, -0.1) is 0 Å². The van der Waals surface area contributed by atoms with Gasteiger partial charge in [-0.3, -0.25) is 9.59 Å². The normalized spacial score (nSPS) is 12.9. The van der Waals surface area contributed by atoms with Gasteiger partial charge in [-0.05, 0) is 38.5 Å². The quantitative estimate of drug-likeness (QED) is 0.0454. The molecule has 0 bridgehead atoms. The molecule has 0 N–H and O–H groups in total. The molecule has 0 aromatic carbocycles. The fraction of sp³-hybridized carbons (Fsp3) is 0.962. The monoisotopic (exact) mass is 805 g/mol. The van der Waals surface area contributed by atoms with Crippen molar-refractivity contribution < 1.29 is 19.1 Å². The van der Waals surface area contributed by atoms with Crippen LogP contribution in [0.5, 0.6) is 0 Å². The van der Waals surface area contributed by atoms with Gasteiger partial charge in [0, 0.05) is 5.41 Å². The zero-order chi connectivity index (χ0) is 41.9. The zero-order valence-corrected chi connectivity index (χ0v) is 40.0. The Bertz CT molecular complexity index is 771. The fourth-order valence-electron chi connectivity index (χ4n) is 8.59. The van der Waals surface area contributed by atoms with Crippen LogP contribution in [0.2, 0.25) is 0 Å². The van der Waals surface area contributed by atoms with E-state index in [1.54, 1.807) is 0 Å². The first-order valence-electron chi connectivity index (χ1n) is 26.3. The fourth-order valence-corrected chi connectivity index (χ4v) is 8.59. The van der Waals surface area contributed by atoms with Gasteiger partial charge in [0.25, 0.3) is 0 Å². The molecule has 2 atom stereocenters. The Balaban J connectivity index is 4.06. The third-order valence-corrected chi connectivity index (χ3v) is 13.5. The number of esters is 2. The standard InChI is InChI=1S/C53H104O4/c1-7-13-15-17-19-21-23-25-27-29-31-33-35-37-39-41-43-45-49(9-3)51(54)56-47-53(11-5,12-6)48-57-52(55)50(10-4)46-44-42-40-38-36-34-32-30-28-26-24-22-20-18-16-14-8-2/h49-50H,7-48H2,1-6H3. The summed E-state index contributed by atoms with van der Waals surface area (Å²) >= 11 is 0. The molecule has 0 fully saturated rings. The molecule has 0 aliphatic rings. The first-order valence-corrected chi connectivity index (χ1v) is 26.3. The van der Waals surface area contributed by atoms with E-state index in [2.05, 4.69) is 41.5 Å². The highest BCUT2D eigenvalue weighted by molar-refractivity contribution is 5.73. The minimum atomic E-state index is -0.302. The lowest BCUT2D eigenvalue weighted by molar-refractivity contribution is -0.160. The largest absolute Gasteiger partial charge is 0.465 e. The highest BCUT2D eigenvalue weighted by atomic mass is 16.5. The van der Waals surface area contributed by atoms with Gasteiger partial charge in [0.15, 0.2) is 0 Å². The van der Waals surface area contributed by atoms with Crippen molar-refractivity contribution in [2.75, 3.05) is 13.2 Å². The van der Waals surface area contributed by atoms with E-state index in [4.69, 9.17) is 9.47 Å². The lowest BCUT2D eigenvalue weighted by Crippen LogP contribution is -2.35. The van der Waals surface area contributed by atoms with Crippen molar-refractivity contribution >= 4 is 11.9 Å². The number of hydrogen-bond donors (Lipinski definition) is 0. The van der Waals surface area contributed by atoms with Gasteiger partial charge in [-0.2, -0.15) is 0 Å². The number of hydrogen-bond acceptors (Lipinski definition) is 4. The van der Waals surface area contributed by atoms with Gasteiger partial charge in [0.05, 0.1) is 11.8 Å². The molecule has 4 nitrogen and oxygen atoms in total. The summed E-state index contributed by atoms with van der Waals surface area (Å²) in [6.07, 6.45) is 51.7. The Kier molecular flexibility index (Phi) is 42.2. The minimum absolute atomic E-state index is 0.0238. The van der Waals surface area contributed by atoms with Crippen LogP contribution < -0.4 is 0 Å². The molecule has 0 aliphatic heterocycles. The van der Waals surface area contributed by atoms with Gasteiger partial charge in [-0.1, -0.05) is 260 Å². The average Bonchev–Trinajstić information content (AvgIpc) is 3.23. The van der Waals surface area contributed by atoms with E-state index in [9.17, 15) is 9.59 Å². The molecule has 0 heterocycles. The van der Waals surface area contributed by atoms with Crippen LogP contribution in [0.3, 0.4) is 0 Å². The van der Waals surface area contributed by atoms with E-state index in [1.807, 2.05) is 0 Å². The van der Waals surface area contributed by atoms with Crippen molar-refractivity contribution in [3.05, 3.63) is 0 Å². The smallest absolute Gasteiger partial charge is 0.308 e. The highest BCUT2D eigenvalue weighted by Crippen LogP contribution is 2.30. The minimum Gasteiger partial charge on any atom is -0.465 e. The summed E-state index contributed by atoms with van der Waals surface area (Å²) in [6, 6.07) is 0. The summed E-state index contributed by atoms with van der Waals surface area (Å²) in [5.74, 6) is -0.165. The number of carbonyl (C=O) groups is 2. The predicted molar refractivity (Wildman–Crippen MR) is 250 cm³/mol. The van der Waals surface area contributed by atoms with E-state index < -0.39 is 0 Å². The van der Waals surface area contributed by atoms with Crippen molar-refractivity contribution in [2.45, 2.75) is 298 Å². The van der Waals surface area contributed by atoms with Crippen molar-refractivity contribution in [2.24, 2.45) is 17.3 Å². The molecule has 340 valence electrons. The Morgan fingerprint density at radius 2 is 0.544 bits per heavy atom. The third-order valence-electron chi connectivity index (χ3n) is 13.5. The van der Waals surface area contributed by atoms with E-state index in [1.165, 1.54) is 205 Å². The van der Waals surface area contributed by atoms with E-state index >= 15 is 0 Å². The van der Waals surface area contributed by atoms with Crippen molar-refractivity contribution in [3.63, 3.8) is 0 Å². The van der Waals surface area contributed by atoms with Gasteiger partial charge < -0.3 is 9.47 Å². The lowest BCUT2D eigenvalue weighted by Gasteiger charge is -2.31. The van der Waals surface area contributed by atoms with E-state index in [-0.39, 0.29) is 29.2 Å². The summed E-state index contributed by atoms with van der Waals surface area (Å²) in [5.41, 5.74) is -0.302. The number of unbranched alkanes of at least 4 members (excludes halogenated alkanes) is 32. The van der Waals surface area contributed by atoms with Crippen LogP contribution in [0.1, 0.15) is 298 Å². The van der Waals surface area contributed by atoms with Crippen molar-refractivity contribution in [3.8, 4) is 0 Å². The lowest BCUT2D eigenvalue weighted by atomic mass is 9.84. The molecule has 0 aliphatic carbocycles. The molecule has 0 aromatic heterocycles. The summed E-state index contributed by atoms with van der Waals surface area (Å²) in [4.78, 5) is 26.3. The molecule has 0 saturated carbocycles. The van der Waals surface area contributed by atoms with Crippen LogP contribution in [0.15, 0.2) is 0 Å². The first kappa shape index (κ1) is 55.9. The summed E-state index contributed by atoms with van der Waals surface area (Å²) in [7, 11) is 0. The van der Waals surface area contributed by atoms with Crippen molar-refractivity contribution in [1.29, 1.82) is 0 Å². The Labute approximate surface area is 358 Å². The van der Waals surface area contributed by atoms with Crippen LogP contribution in [0.25, 0.3) is 0 Å². The second-order valence-electron chi connectivity index (χ2n) is 18.5. The van der Waals surface area contributed by atoms with Gasteiger partial charge in [0.2, 0.25) is 0 Å². The van der Waals surface area contributed by atoms with Gasteiger partial charge in [-0.25, -0.2) is 0 Å². The Morgan fingerprint density at radius 1 is 0.333 bits per heavy atom. The number of carbonyl (C=O) groups excluding carboxylic acids is 2.